The fourth-order valence-corrected chi connectivity index (χ4v) is 5.57. The molecule has 0 aromatic heterocycles. The molecule has 3 aromatic carbocycles. The summed E-state index contributed by atoms with van der Waals surface area (Å²) < 4.78 is 0. The molecule has 0 bridgehead atoms. The van der Waals surface area contributed by atoms with Gasteiger partial charge in [-0.15, -0.1) is 0 Å². The highest BCUT2D eigenvalue weighted by Gasteiger charge is 2.21. The molecule has 178 valence electrons. The minimum atomic E-state index is 0.747. The van der Waals surface area contributed by atoms with Crippen LogP contribution in [0.2, 0.25) is 0 Å². The summed E-state index contributed by atoms with van der Waals surface area (Å²) in [6.45, 7) is 4.50. The normalized spacial score (nSPS) is 17.9. The lowest BCUT2D eigenvalue weighted by Crippen LogP contribution is -2.13. The lowest BCUT2D eigenvalue weighted by molar-refractivity contribution is 0.302. The summed E-state index contributed by atoms with van der Waals surface area (Å²) in [5.41, 5.74) is 5.10. The number of rotatable bonds is 9. The van der Waals surface area contributed by atoms with Crippen molar-refractivity contribution in [3.8, 4) is 11.8 Å². The van der Waals surface area contributed by atoms with Crippen molar-refractivity contribution in [1.82, 2.24) is 0 Å². The van der Waals surface area contributed by atoms with Crippen LogP contribution in [0.4, 0.5) is 0 Å². The fraction of sp³-hybridized carbons (Fsp3) is 0.471. The van der Waals surface area contributed by atoms with Crippen LogP contribution in [0.15, 0.2) is 60.7 Å². The second-order valence-electron chi connectivity index (χ2n) is 10.4. The topological polar surface area (TPSA) is 0 Å². The van der Waals surface area contributed by atoms with Crippen LogP contribution in [-0.2, 0) is 6.42 Å². The minimum absolute atomic E-state index is 0.747. The van der Waals surface area contributed by atoms with E-state index in [1.165, 1.54) is 92.5 Å². The molecule has 0 atom stereocenters. The molecule has 3 aromatic rings. The van der Waals surface area contributed by atoms with Gasteiger partial charge in [0.2, 0.25) is 0 Å². The molecule has 0 amide bonds. The molecule has 34 heavy (non-hydrogen) atoms. The molecule has 1 aliphatic carbocycles. The highest BCUT2D eigenvalue weighted by atomic mass is 14.3. The minimum Gasteiger partial charge on any atom is -0.0654 e. The third-order valence-electron chi connectivity index (χ3n) is 7.86. The van der Waals surface area contributed by atoms with Crippen LogP contribution < -0.4 is 0 Å². The van der Waals surface area contributed by atoms with Crippen LogP contribution in [0.25, 0.3) is 10.8 Å². The first-order valence-corrected chi connectivity index (χ1v) is 13.9. The van der Waals surface area contributed by atoms with E-state index in [1.54, 1.807) is 0 Å². The van der Waals surface area contributed by atoms with Crippen molar-refractivity contribution >= 4 is 10.8 Å². The molecule has 0 radical (unpaired) electrons. The highest BCUT2D eigenvalue weighted by Crippen LogP contribution is 2.37. The van der Waals surface area contributed by atoms with Gasteiger partial charge in [0.05, 0.1) is 0 Å². The van der Waals surface area contributed by atoms with Gasteiger partial charge in [0.15, 0.2) is 0 Å². The van der Waals surface area contributed by atoms with Crippen molar-refractivity contribution in [2.45, 2.75) is 96.8 Å². The number of hydrogen-bond donors (Lipinski definition) is 0. The summed E-state index contributed by atoms with van der Waals surface area (Å²) in [5.74, 6) is 8.47. The molecule has 0 nitrogen and oxygen atoms in total. The Hall–Kier alpha value is -2.52. The van der Waals surface area contributed by atoms with E-state index in [1.807, 2.05) is 0 Å². The van der Waals surface area contributed by atoms with Gasteiger partial charge >= 0.3 is 0 Å². The van der Waals surface area contributed by atoms with E-state index in [0.717, 1.165) is 29.4 Å². The van der Waals surface area contributed by atoms with E-state index in [0.29, 0.717) is 0 Å². The maximum atomic E-state index is 3.38. The standard InChI is InChI=1S/C34H42/c1-3-5-6-7-8-9-10-28-14-19-31(20-15-28)32-21-16-29(17-22-32)11-12-30-18-24-33-25-27(4-2)13-23-34(33)26-30/h13,16-18,21-26,28,31H,3-10,14-15,19-20H2,1-2H3. The number of aryl methyl sites for hydroxylation is 1. The van der Waals surface area contributed by atoms with Crippen molar-refractivity contribution in [3.63, 3.8) is 0 Å². The van der Waals surface area contributed by atoms with Crippen LogP contribution in [-0.4, -0.2) is 0 Å². The van der Waals surface area contributed by atoms with Gasteiger partial charge in [-0.25, -0.2) is 0 Å². The largest absolute Gasteiger partial charge is 0.0654 e. The average Bonchev–Trinajstić information content (AvgIpc) is 2.89. The van der Waals surface area contributed by atoms with Gasteiger partial charge in [0.1, 0.15) is 0 Å². The van der Waals surface area contributed by atoms with Gasteiger partial charge in [-0.2, -0.15) is 0 Å². The van der Waals surface area contributed by atoms with Crippen LogP contribution in [0.3, 0.4) is 0 Å². The lowest BCUT2D eigenvalue weighted by atomic mass is 9.77. The molecule has 0 saturated heterocycles. The molecule has 1 saturated carbocycles. The average molecular weight is 451 g/mol. The Morgan fingerprint density at radius 3 is 2.06 bits per heavy atom. The third kappa shape index (κ3) is 6.99. The van der Waals surface area contributed by atoms with E-state index >= 15 is 0 Å². The predicted molar refractivity (Wildman–Crippen MR) is 148 cm³/mol. The summed E-state index contributed by atoms with van der Waals surface area (Å²) in [5, 5.41) is 2.57. The number of benzene rings is 3. The molecule has 1 aliphatic rings. The van der Waals surface area contributed by atoms with Gasteiger partial charge in [0.25, 0.3) is 0 Å². The summed E-state index contributed by atoms with van der Waals surface area (Å²) in [6, 6.07) is 22.4. The second kappa shape index (κ2) is 12.8. The van der Waals surface area contributed by atoms with Crippen molar-refractivity contribution in [2.75, 3.05) is 0 Å². The first-order chi connectivity index (χ1) is 16.7. The molecule has 0 N–H and O–H groups in total. The van der Waals surface area contributed by atoms with Gasteiger partial charge in [0, 0.05) is 11.1 Å². The van der Waals surface area contributed by atoms with Gasteiger partial charge in [-0.1, -0.05) is 107 Å². The Morgan fingerprint density at radius 2 is 1.29 bits per heavy atom. The van der Waals surface area contributed by atoms with E-state index in [-0.39, 0.29) is 0 Å². The zero-order chi connectivity index (χ0) is 23.6. The summed E-state index contributed by atoms with van der Waals surface area (Å²) >= 11 is 0. The van der Waals surface area contributed by atoms with Crippen LogP contribution in [0.5, 0.6) is 0 Å². The zero-order valence-electron chi connectivity index (χ0n) is 21.4. The second-order valence-corrected chi connectivity index (χ2v) is 10.4. The van der Waals surface area contributed by atoms with Crippen molar-refractivity contribution in [1.29, 1.82) is 0 Å². The maximum Gasteiger partial charge on any atom is 0.0255 e. The van der Waals surface area contributed by atoms with Gasteiger partial charge in [-0.3, -0.25) is 0 Å². The zero-order valence-corrected chi connectivity index (χ0v) is 21.4. The first kappa shape index (κ1) is 24.6. The molecule has 0 unspecified atom stereocenters. The lowest BCUT2D eigenvalue weighted by Gasteiger charge is -2.29. The molecule has 0 aliphatic heterocycles. The summed E-state index contributed by atoms with van der Waals surface area (Å²) in [4.78, 5) is 0. The molecule has 0 heteroatoms. The van der Waals surface area contributed by atoms with E-state index < -0.39 is 0 Å². The quantitative estimate of drug-likeness (QED) is 0.225. The molecule has 1 fully saturated rings. The summed E-state index contributed by atoms with van der Waals surface area (Å²) in [6.07, 6.45) is 16.6. The molecular weight excluding hydrogens is 408 g/mol. The van der Waals surface area contributed by atoms with Crippen LogP contribution >= 0.6 is 0 Å². The first-order valence-electron chi connectivity index (χ1n) is 13.9. The van der Waals surface area contributed by atoms with Crippen LogP contribution in [0.1, 0.15) is 113 Å². The Labute approximate surface area is 208 Å². The Balaban J connectivity index is 1.26. The van der Waals surface area contributed by atoms with Crippen molar-refractivity contribution < 1.29 is 0 Å². The fourth-order valence-electron chi connectivity index (χ4n) is 5.57. The van der Waals surface area contributed by atoms with Gasteiger partial charge in [-0.05, 0) is 90.1 Å². The Bertz CT molecular complexity index is 1080. The third-order valence-corrected chi connectivity index (χ3v) is 7.86. The molecule has 0 spiro atoms. The smallest absolute Gasteiger partial charge is 0.0255 e. The molecular formula is C34H42. The SMILES string of the molecule is CCCCCCCCC1CCC(c2ccc(C#Cc3ccc4cc(CC)ccc4c3)cc2)CC1. The van der Waals surface area contributed by atoms with E-state index in [9.17, 15) is 0 Å². The molecule has 0 heterocycles. The number of hydrogen-bond acceptors (Lipinski definition) is 0. The van der Waals surface area contributed by atoms with E-state index in [4.69, 9.17) is 0 Å². The van der Waals surface area contributed by atoms with Gasteiger partial charge < -0.3 is 0 Å². The monoisotopic (exact) mass is 450 g/mol. The van der Waals surface area contributed by atoms with Crippen molar-refractivity contribution in [2.24, 2.45) is 5.92 Å². The Kier molecular flexibility index (Phi) is 9.27. The Morgan fingerprint density at radius 1 is 0.647 bits per heavy atom. The highest BCUT2D eigenvalue weighted by molar-refractivity contribution is 5.84. The molecule has 4 rings (SSSR count). The van der Waals surface area contributed by atoms with Crippen molar-refractivity contribution in [3.05, 3.63) is 82.9 Å². The number of unbranched alkanes of at least 4 members (excludes halogenated alkanes) is 5. The van der Waals surface area contributed by atoms with E-state index in [2.05, 4.69) is 86.4 Å². The summed E-state index contributed by atoms with van der Waals surface area (Å²) in [7, 11) is 0. The maximum absolute atomic E-state index is 3.38. The predicted octanol–water partition coefficient (Wildman–Crippen LogP) is 9.83. The number of fused-ring (bicyclic) bond motifs is 1. The van der Waals surface area contributed by atoms with Crippen LogP contribution in [0, 0.1) is 17.8 Å².